The maximum Gasteiger partial charge on any atom is 0.332 e. The first kappa shape index (κ1) is 75.3. The van der Waals surface area contributed by atoms with Gasteiger partial charge in [-0.2, -0.15) is 5.10 Å². The highest BCUT2D eigenvalue weighted by Crippen LogP contribution is 2.59. The Morgan fingerprint density at radius 1 is 0.574 bits per heavy atom. The summed E-state index contributed by atoms with van der Waals surface area (Å²) in [6.07, 6.45) is 8.35. The molecule has 5 fully saturated rings. The number of amides is 2. The number of hydrogen-bond acceptors (Lipinski definition) is 18. The Bertz CT molecular complexity index is 2960. The summed E-state index contributed by atoms with van der Waals surface area (Å²) in [5.41, 5.74) is 0.698. The maximum atomic E-state index is 15.0. The molecule has 4 saturated carbocycles. The number of carbonyl (C=O) groups excluding carboxylic acids is 6. The number of aryl methyl sites for hydroxylation is 1. The van der Waals surface area contributed by atoms with Gasteiger partial charge >= 0.3 is 23.9 Å². The van der Waals surface area contributed by atoms with Crippen LogP contribution in [0, 0.1) is 23.7 Å². The fourth-order valence-corrected chi connectivity index (χ4v) is 14.2. The molecular weight excluding hydrogens is 1190 g/mol. The Labute approximate surface area is 561 Å². The fourth-order valence-electron chi connectivity index (χ4n) is 14.2. The highest BCUT2D eigenvalue weighted by atomic mass is 16.6. The third-order valence-electron chi connectivity index (χ3n) is 18.4. The first-order valence-electron chi connectivity index (χ1n) is 34.5. The second-order valence-corrected chi connectivity index (χ2v) is 31.3. The summed E-state index contributed by atoms with van der Waals surface area (Å²) < 4.78 is 37.1. The summed E-state index contributed by atoms with van der Waals surface area (Å²) in [7, 11) is 7.21. The number of aromatic nitrogens is 2. The van der Waals surface area contributed by atoms with Crippen LogP contribution in [0.15, 0.2) is 42.5 Å². The fraction of sp³-hybridized carbons (Fsp3) is 0.712. The number of likely N-dealkylation sites (N-methyl/N-ethyl adjacent to an activating group) is 1. The van der Waals surface area contributed by atoms with Gasteiger partial charge in [-0.05, 0) is 226 Å². The van der Waals surface area contributed by atoms with E-state index in [0.29, 0.717) is 93.5 Å². The van der Waals surface area contributed by atoms with E-state index in [0.717, 1.165) is 75.7 Å². The van der Waals surface area contributed by atoms with Gasteiger partial charge in [0.25, 0.3) is 5.91 Å². The van der Waals surface area contributed by atoms with Gasteiger partial charge in [0.05, 0.1) is 57.3 Å². The number of carbonyl (C=O) groups is 6. The predicted octanol–water partition coefficient (Wildman–Crippen LogP) is 9.30. The van der Waals surface area contributed by atoms with Crippen molar-refractivity contribution >= 4 is 35.7 Å². The average molecular weight is 1310 g/mol. The molecule has 524 valence electrons. The van der Waals surface area contributed by atoms with Crippen LogP contribution in [-0.2, 0) is 49.3 Å². The van der Waals surface area contributed by atoms with Gasteiger partial charge in [-0.3, -0.25) is 43.6 Å². The van der Waals surface area contributed by atoms with E-state index in [4.69, 9.17) is 33.5 Å². The van der Waals surface area contributed by atoms with Crippen LogP contribution in [0.4, 0.5) is 0 Å². The quantitative estimate of drug-likeness (QED) is 0.0476. The molecule has 5 aliphatic rings. The normalized spacial score (nSPS) is 21.3. The third kappa shape index (κ3) is 21.7. The zero-order valence-corrected chi connectivity index (χ0v) is 60.4. The lowest BCUT2D eigenvalue weighted by Gasteiger charge is -2.59. The molecule has 21 heteroatoms. The van der Waals surface area contributed by atoms with Crippen LogP contribution in [0.25, 0.3) is 16.9 Å². The standard InChI is InChI=1S/C73H115N9O12/c1-50(2)56-44-51(26-27-58(56)82-59(66-60(89-17)24-21-25-61(66)90-18)45-57(75-82)67(87)74-73(68(88)94-72(12,13)14)54-40-52-39-53(42-54)43-55(73)41-52)23-19-20-28-76(15)29-22-30-77(16)62(83)46-78-31-33-79(47-63(84)91-69(3,4)5)35-37-81(49-65(86)93-71(9,10)11)38-36-80(34-32-78)48-64(85)92-70(6,7)8/h21,24-27,44-45,50,52-55H,19-20,22-23,28-43,46-49H2,1-18H3,(H,74,87). The molecule has 8 rings (SSSR count). The summed E-state index contributed by atoms with van der Waals surface area (Å²) in [5.74, 6) is 0.485. The minimum atomic E-state index is -1.15. The molecule has 21 nitrogen and oxygen atoms in total. The largest absolute Gasteiger partial charge is 0.496 e. The van der Waals surface area contributed by atoms with Gasteiger partial charge in [-0.25, -0.2) is 9.48 Å². The van der Waals surface area contributed by atoms with Crippen molar-refractivity contribution in [1.82, 2.24) is 44.5 Å². The van der Waals surface area contributed by atoms with Gasteiger partial charge < -0.3 is 43.5 Å². The number of hydrogen-bond donors (Lipinski definition) is 1. The van der Waals surface area contributed by atoms with Crippen molar-refractivity contribution in [1.29, 1.82) is 0 Å². The van der Waals surface area contributed by atoms with Crippen LogP contribution in [0.3, 0.4) is 0 Å². The van der Waals surface area contributed by atoms with Crippen LogP contribution in [-0.4, -0.2) is 229 Å². The molecule has 1 aliphatic heterocycles. The molecule has 0 spiro atoms. The highest BCUT2D eigenvalue weighted by Gasteiger charge is 2.63. The van der Waals surface area contributed by atoms with Crippen molar-refractivity contribution < 1.29 is 57.2 Å². The summed E-state index contributed by atoms with van der Waals surface area (Å²) in [4.78, 5) is 95.6. The Morgan fingerprint density at radius 3 is 1.46 bits per heavy atom. The molecule has 2 aromatic carbocycles. The molecule has 1 aromatic heterocycles. The Morgan fingerprint density at radius 2 is 1.02 bits per heavy atom. The number of methoxy groups -OCH3 is 2. The predicted molar refractivity (Wildman–Crippen MR) is 365 cm³/mol. The van der Waals surface area contributed by atoms with E-state index >= 15 is 4.79 Å². The van der Waals surface area contributed by atoms with Crippen molar-refractivity contribution in [2.75, 3.05) is 126 Å². The number of nitrogens with zero attached hydrogens (tertiary/aromatic N) is 8. The Hall–Kier alpha value is -6.13. The monoisotopic (exact) mass is 1310 g/mol. The van der Waals surface area contributed by atoms with Gasteiger partial charge in [-0.15, -0.1) is 0 Å². The number of unbranched alkanes of at least 4 members (excludes halogenated alkanes) is 1. The molecule has 2 amide bonds. The van der Waals surface area contributed by atoms with Gasteiger partial charge in [0.1, 0.15) is 39.4 Å². The van der Waals surface area contributed by atoms with Crippen molar-refractivity contribution in [2.24, 2.45) is 23.7 Å². The van der Waals surface area contributed by atoms with Crippen LogP contribution in [0.2, 0.25) is 0 Å². The summed E-state index contributed by atoms with van der Waals surface area (Å²) in [5, 5.41) is 8.50. The van der Waals surface area contributed by atoms with Gasteiger partial charge in [0.15, 0.2) is 5.69 Å². The van der Waals surface area contributed by atoms with Crippen molar-refractivity contribution in [3.63, 3.8) is 0 Å². The van der Waals surface area contributed by atoms with Gasteiger partial charge in [0, 0.05) is 66.0 Å². The summed E-state index contributed by atoms with van der Waals surface area (Å²) in [6.45, 7) is 32.9. The highest BCUT2D eigenvalue weighted by molar-refractivity contribution is 5.98. The topological polar surface area (TPSA) is 207 Å². The zero-order valence-electron chi connectivity index (χ0n) is 60.4. The summed E-state index contributed by atoms with van der Waals surface area (Å²) in [6, 6.07) is 13.9. The average Bonchev–Trinajstić information content (AvgIpc) is 0.794. The first-order valence-corrected chi connectivity index (χ1v) is 34.5. The van der Waals surface area contributed by atoms with E-state index in [-0.39, 0.29) is 79.4 Å². The van der Waals surface area contributed by atoms with Gasteiger partial charge in [0.2, 0.25) is 5.91 Å². The van der Waals surface area contributed by atoms with Crippen molar-refractivity contribution in [3.8, 4) is 28.4 Å². The third-order valence-corrected chi connectivity index (χ3v) is 18.4. The SMILES string of the molecule is COc1cccc(OC)c1-c1cc(C(=O)NC2(C(=O)OC(C)(C)C)C3CC4CC(C3)CC2C4)nn1-c1ccc(CCCCN(C)CCCN(C)C(=O)CN2CCN(CC(=O)OC(C)(C)C)CCN(CC(=O)OC(C)(C)C)CCN(CC(=O)OC(C)(C)C)CC2)cc1C(C)C. The minimum Gasteiger partial charge on any atom is -0.496 e. The molecule has 4 aliphatic carbocycles. The lowest BCUT2D eigenvalue weighted by Crippen LogP contribution is -2.71. The molecule has 0 atom stereocenters. The number of rotatable bonds is 25. The molecule has 0 unspecified atom stereocenters. The minimum absolute atomic E-state index is 0.0122. The van der Waals surface area contributed by atoms with Crippen LogP contribution in [0.5, 0.6) is 11.5 Å². The number of esters is 4. The van der Waals surface area contributed by atoms with E-state index < -0.39 is 33.9 Å². The number of nitrogens with one attached hydrogen (secondary N) is 1. The molecule has 94 heavy (non-hydrogen) atoms. The molecular formula is C73H115N9O12. The van der Waals surface area contributed by atoms with Crippen molar-refractivity contribution in [3.05, 3.63) is 59.3 Å². The number of ether oxygens (including phenoxy) is 6. The number of benzene rings is 2. The molecule has 3 aromatic rings. The smallest absolute Gasteiger partial charge is 0.332 e. The van der Waals surface area contributed by atoms with E-state index in [1.165, 1.54) is 12.0 Å². The Balaban J connectivity index is 0.984. The molecule has 1 saturated heterocycles. The molecule has 2 heterocycles. The molecule has 4 bridgehead atoms. The van der Waals surface area contributed by atoms with E-state index in [1.54, 1.807) is 25.2 Å². The van der Waals surface area contributed by atoms with Crippen LogP contribution < -0.4 is 14.8 Å². The van der Waals surface area contributed by atoms with Crippen molar-refractivity contribution in [2.45, 2.75) is 189 Å². The second kappa shape index (κ2) is 32.3. The lowest BCUT2D eigenvalue weighted by molar-refractivity contribution is -0.181. The van der Waals surface area contributed by atoms with E-state index in [9.17, 15) is 24.0 Å². The maximum absolute atomic E-state index is 15.0. The van der Waals surface area contributed by atoms with E-state index in [1.807, 2.05) is 128 Å². The van der Waals surface area contributed by atoms with Crippen LogP contribution in [0.1, 0.15) is 176 Å². The molecule has 0 radical (unpaired) electrons. The van der Waals surface area contributed by atoms with E-state index in [2.05, 4.69) is 54.2 Å². The first-order chi connectivity index (χ1) is 44.0. The zero-order chi connectivity index (χ0) is 69.1. The Kier molecular flexibility index (Phi) is 25.8. The lowest BCUT2D eigenvalue weighted by atomic mass is 9.48. The summed E-state index contributed by atoms with van der Waals surface area (Å²) >= 11 is 0. The van der Waals surface area contributed by atoms with Crippen LogP contribution >= 0.6 is 0 Å². The molecule has 1 N–H and O–H groups in total. The second-order valence-electron chi connectivity index (χ2n) is 31.3. The van der Waals surface area contributed by atoms with Gasteiger partial charge in [-0.1, -0.05) is 32.0 Å².